The van der Waals surface area contributed by atoms with Crippen LogP contribution >= 0.6 is 0 Å². The first-order chi connectivity index (χ1) is 14.7. The summed E-state index contributed by atoms with van der Waals surface area (Å²) in [6.07, 6.45) is 3.09. The molecule has 1 N–H and O–H groups in total. The molecule has 1 amide bonds. The van der Waals surface area contributed by atoms with Gasteiger partial charge in [0.25, 0.3) is 5.91 Å². The summed E-state index contributed by atoms with van der Waals surface area (Å²) in [5.74, 6) is 1.20. The minimum absolute atomic E-state index is 0.0660. The minimum atomic E-state index is -0.555. The molecule has 6 heteroatoms. The van der Waals surface area contributed by atoms with Gasteiger partial charge in [0.05, 0.1) is 0 Å². The van der Waals surface area contributed by atoms with Gasteiger partial charge in [-0.1, -0.05) is 36.4 Å². The van der Waals surface area contributed by atoms with Crippen LogP contribution in [0.2, 0.25) is 0 Å². The Kier molecular flexibility index (Phi) is 5.07. The van der Waals surface area contributed by atoms with Gasteiger partial charge in [-0.15, -0.1) is 0 Å². The van der Waals surface area contributed by atoms with Crippen molar-refractivity contribution in [2.45, 2.75) is 62.9 Å². The lowest BCUT2D eigenvalue weighted by Crippen LogP contribution is -2.45. The zero-order valence-electron chi connectivity index (χ0n) is 16.7. The number of nitrogens with one attached hydrogen (secondary N) is 1. The standard InChI is InChI=1S/C24H25NO5/c26-23(21-13-15-5-1-3-7-19(15)29-21)25-17-9-11-18(12-10-17)28-24(27)22-14-16-6-2-4-8-20(16)30-22/h1-8,17-18,21-22H,9-14H2,(H,25,26)/t17?,18?,21-,22+/m0/s1. The number of hydrogen-bond acceptors (Lipinski definition) is 5. The summed E-state index contributed by atoms with van der Waals surface area (Å²) in [5, 5.41) is 3.11. The minimum Gasteiger partial charge on any atom is -0.480 e. The fourth-order valence-corrected chi connectivity index (χ4v) is 4.50. The third kappa shape index (κ3) is 3.86. The number of para-hydroxylation sites is 2. The normalized spacial score (nSPS) is 26.7. The molecule has 0 unspecified atom stereocenters. The van der Waals surface area contributed by atoms with Crippen LogP contribution in [0.25, 0.3) is 0 Å². The van der Waals surface area contributed by atoms with E-state index in [1.807, 2.05) is 48.5 Å². The van der Waals surface area contributed by atoms with E-state index in [4.69, 9.17) is 14.2 Å². The first-order valence-corrected chi connectivity index (χ1v) is 10.7. The predicted octanol–water partition coefficient (Wildman–Crippen LogP) is 2.96. The number of carbonyl (C=O) groups is 2. The number of fused-ring (bicyclic) bond motifs is 2. The average Bonchev–Trinajstić information content (AvgIpc) is 3.39. The Balaban J connectivity index is 1.06. The Morgan fingerprint density at radius 2 is 1.37 bits per heavy atom. The van der Waals surface area contributed by atoms with E-state index in [-0.39, 0.29) is 24.0 Å². The lowest BCUT2D eigenvalue weighted by atomic mass is 9.92. The molecule has 6 nitrogen and oxygen atoms in total. The smallest absolute Gasteiger partial charge is 0.347 e. The Labute approximate surface area is 175 Å². The highest BCUT2D eigenvalue weighted by Gasteiger charge is 2.34. The zero-order chi connectivity index (χ0) is 20.5. The van der Waals surface area contributed by atoms with Crippen LogP contribution in [0.5, 0.6) is 11.5 Å². The van der Waals surface area contributed by atoms with Gasteiger partial charge < -0.3 is 19.5 Å². The van der Waals surface area contributed by atoms with Crippen molar-refractivity contribution in [2.75, 3.05) is 0 Å². The second-order valence-electron chi connectivity index (χ2n) is 8.26. The van der Waals surface area contributed by atoms with Crippen LogP contribution in [0, 0.1) is 0 Å². The van der Waals surface area contributed by atoms with Crippen molar-refractivity contribution < 1.29 is 23.8 Å². The molecule has 2 aliphatic heterocycles. The molecule has 0 saturated heterocycles. The van der Waals surface area contributed by atoms with Gasteiger partial charge in [-0.2, -0.15) is 0 Å². The van der Waals surface area contributed by atoms with E-state index in [0.29, 0.717) is 12.8 Å². The highest BCUT2D eigenvalue weighted by Crippen LogP contribution is 2.31. The summed E-state index contributed by atoms with van der Waals surface area (Å²) >= 11 is 0. The van der Waals surface area contributed by atoms with Gasteiger partial charge in [0, 0.05) is 18.9 Å². The molecule has 2 aromatic rings. The van der Waals surface area contributed by atoms with Crippen LogP contribution in [0.3, 0.4) is 0 Å². The van der Waals surface area contributed by atoms with Gasteiger partial charge in [-0.3, -0.25) is 4.79 Å². The second kappa shape index (κ2) is 8.01. The largest absolute Gasteiger partial charge is 0.480 e. The summed E-state index contributed by atoms with van der Waals surface area (Å²) in [6.45, 7) is 0. The Morgan fingerprint density at radius 1 is 0.800 bits per heavy atom. The summed E-state index contributed by atoms with van der Waals surface area (Å²) in [5.41, 5.74) is 2.12. The quantitative estimate of drug-likeness (QED) is 0.789. The predicted molar refractivity (Wildman–Crippen MR) is 109 cm³/mol. The van der Waals surface area contributed by atoms with Gasteiger partial charge in [0.2, 0.25) is 0 Å². The first kappa shape index (κ1) is 19.0. The fourth-order valence-electron chi connectivity index (χ4n) is 4.50. The van der Waals surface area contributed by atoms with Gasteiger partial charge in [-0.25, -0.2) is 4.79 Å². The zero-order valence-corrected chi connectivity index (χ0v) is 16.7. The lowest BCUT2D eigenvalue weighted by Gasteiger charge is -2.30. The van der Waals surface area contributed by atoms with E-state index in [1.165, 1.54) is 0 Å². The number of carbonyl (C=O) groups excluding carboxylic acids is 2. The third-order valence-corrected chi connectivity index (χ3v) is 6.15. The number of ether oxygens (including phenoxy) is 3. The molecule has 0 bridgehead atoms. The number of hydrogen-bond donors (Lipinski definition) is 1. The molecule has 2 aromatic carbocycles. The fraction of sp³-hybridized carbons (Fsp3) is 0.417. The van der Waals surface area contributed by atoms with Crippen molar-refractivity contribution in [1.82, 2.24) is 5.32 Å². The van der Waals surface area contributed by atoms with E-state index in [0.717, 1.165) is 48.3 Å². The van der Waals surface area contributed by atoms with E-state index in [9.17, 15) is 9.59 Å². The molecule has 3 aliphatic rings. The molecule has 30 heavy (non-hydrogen) atoms. The van der Waals surface area contributed by atoms with Crippen molar-refractivity contribution in [3.63, 3.8) is 0 Å². The van der Waals surface area contributed by atoms with E-state index < -0.39 is 12.2 Å². The van der Waals surface area contributed by atoms with Crippen LogP contribution in [-0.4, -0.2) is 36.2 Å². The van der Waals surface area contributed by atoms with Crippen molar-refractivity contribution in [2.24, 2.45) is 0 Å². The van der Waals surface area contributed by atoms with Crippen LogP contribution in [0.15, 0.2) is 48.5 Å². The monoisotopic (exact) mass is 407 g/mol. The maximum atomic E-state index is 12.6. The highest BCUT2D eigenvalue weighted by molar-refractivity contribution is 5.82. The number of amides is 1. The van der Waals surface area contributed by atoms with Crippen molar-refractivity contribution in [3.05, 3.63) is 59.7 Å². The molecule has 2 atom stereocenters. The molecule has 5 rings (SSSR count). The van der Waals surface area contributed by atoms with Gasteiger partial charge in [0.1, 0.15) is 17.6 Å². The molecule has 156 valence electrons. The van der Waals surface area contributed by atoms with Crippen LogP contribution in [0.4, 0.5) is 0 Å². The van der Waals surface area contributed by atoms with Crippen molar-refractivity contribution in [3.8, 4) is 11.5 Å². The first-order valence-electron chi connectivity index (χ1n) is 10.7. The molecule has 0 aromatic heterocycles. The van der Waals surface area contributed by atoms with E-state index in [1.54, 1.807) is 0 Å². The number of esters is 1. The van der Waals surface area contributed by atoms with Crippen LogP contribution in [-0.2, 0) is 27.2 Å². The Bertz CT molecular complexity index is 823. The van der Waals surface area contributed by atoms with Crippen LogP contribution < -0.4 is 14.8 Å². The topological polar surface area (TPSA) is 73.9 Å². The highest BCUT2D eigenvalue weighted by atomic mass is 16.6. The van der Waals surface area contributed by atoms with Gasteiger partial charge in [-0.05, 0) is 48.9 Å². The van der Waals surface area contributed by atoms with Crippen molar-refractivity contribution >= 4 is 11.9 Å². The molecule has 2 heterocycles. The molecular formula is C24H25NO5. The molecule has 0 spiro atoms. The van der Waals surface area contributed by atoms with E-state index in [2.05, 4.69) is 5.32 Å². The SMILES string of the molecule is O=C(NC1CCC(OC(=O)[C@H]2Cc3ccccc3O2)CC1)[C@@H]1Cc2ccccc2O1. The molecular weight excluding hydrogens is 382 g/mol. The molecule has 1 fully saturated rings. The number of benzene rings is 2. The summed E-state index contributed by atoms with van der Waals surface area (Å²) < 4.78 is 17.2. The summed E-state index contributed by atoms with van der Waals surface area (Å²) in [4.78, 5) is 25.1. The van der Waals surface area contributed by atoms with Crippen LogP contribution in [0.1, 0.15) is 36.8 Å². The van der Waals surface area contributed by atoms with Crippen molar-refractivity contribution in [1.29, 1.82) is 0 Å². The van der Waals surface area contributed by atoms with E-state index >= 15 is 0 Å². The lowest BCUT2D eigenvalue weighted by molar-refractivity contribution is -0.158. The molecule has 1 saturated carbocycles. The van der Waals surface area contributed by atoms with Gasteiger partial charge >= 0.3 is 5.97 Å². The second-order valence-corrected chi connectivity index (χ2v) is 8.26. The maximum Gasteiger partial charge on any atom is 0.347 e. The molecule has 0 radical (unpaired) electrons. The molecule has 1 aliphatic carbocycles. The maximum absolute atomic E-state index is 12.6. The third-order valence-electron chi connectivity index (χ3n) is 6.15. The summed E-state index contributed by atoms with van der Waals surface area (Å²) in [6, 6.07) is 15.6. The average molecular weight is 407 g/mol. The summed E-state index contributed by atoms with van der Waals surface area (Å²) in [7, 11) is 0. The Hall–Kier alpha value is -3.02. The van der Waals surface area contributed by atoms with Gasteiger partial charge in [0.15, 0.2) is 12.2 Å². The number of rotatable bonds is 4. The Morgan fingerprint density at radius 3 is 2.00 bits per heavy atom.